The molecule has 0 aliphatic heterocycles. The highest BCUT2D eigenvalue weighted by Gasteiger charge is 2.24. The fourth-order valence-corrected chi connectivity index (χ4v) is 4.01. The maximum absolute atomic E-state index is 12.7. The molecule has 25 heavy (non-hydrogen) atoms. The van der Waals surface area contributed by atoms with Crippen molar-refractivity contribution in [3.8, 4) is 5.69 Å². The molecule has 0 N–H and O–H groups in total. The zero-order chi connectivity index (χ0) is 17.9. The summed E-state index contributed by atoms with van der Waals surface area (Å²) in [6.07, 6.45) is 3.09. The number of hydrogen-bond acceptors (Lipinski definition) is 4. The molecule has 0 unspecified atom stereocenters. The van der Waals surface area contributed by atoms with Crippen LogP contribution in [0.5, 0.6) is 0 Å². The summed E-state index contributed by atoms with van der Waals surface area (Å²) in [4.78, 5) is 3.92. The molecule has 6 nitrogen and oxygen atoms in total. The lowest BCUT2D eigenvalue weighted by molar-refractivity contribution is 0.398. The van der Waals surface area contributed by atoms with Gasteiger partial charge in [0.25, 0.3) is 0 Å². The van der Waals surface area contributed by atoms with Crippen LogP contribution in [0.1, 0.15) is 24.1 Å². The van der Waals surface area contributed by atoms with Crippen LogP contribution >= 0.6 is 0 Å². The predicted molar refractivity (Wildman–Crippen MR) is 96.6 cm³/mol. The lowest BCUT2D eigenvalue weighted by atomic mass is 10.1. The van der Waals surface area contributed by atoms with Gasteiger partial charge in [-0.15, -0.1) is 0 Å². The van der Waals surface area contributed by atoms with E-state index >= 15 is 0 Å². The van der Waals surface area contributed by atoms with Crippen LogP contribution in [0.2, 0.25) is 0 Å². The number of nitrogens with zero attached hydrogens (tertiary/aromatic N) is 4. The Morgan fingerprint density at radius 3 is 2.36 bits per heavy atom. The van der Waals surface area contributed by atoms with Crippen molar-refractivity contribution in [2.45, 2.75) is 18.7 Å². The smallest absolute Gasteiger partial charge is 0.218 e. The van der Waals surface area contributed by atoms with Gasteiger partial charge in [0.15, 0.2) is 0 Å². The third-order valence-corrected chi connectivity index (χ3v) is 6.13. The zero-order valence-corrected chi connectivity index (χ0v) is 15.0. The van der Waals surface area contributed by atoms with Gasteiger partial charge in [-0.3, -0.25) is 0 Å². The summed E-state index contributed by atoms with van der Waals surface area (Å²) < 4.78 is 28.4. The SMILES string of the molecule is C[C@@H](c1ccc(-n2cncn2)cc1)N(C)S(=O)(=O)Cc1ccccc1. The third-order valence-electron chi connectivity index (χ3n) is 4.23. The van der Waals surface area contributed by atoms with Crippen LogP contribution in [0.4, 0.5) is 0 Å². The summed E-state index contributed by atoms with van der Waals surface area (Å²) in [5.74, 6) is -0.00821. The van der Waals surface area contributed by atoms with E-state index in [0.29, 0.717) is 0 Å². The number of aromatic nitrogens is 3. The van der Waals surface area contributed by atoms with Crippen molar-refractivity contribution in [3.63, 3.8) is 0 Å². The van der Waals surface area contributed by atoms with Gasteiger partial charge in [-0.2, -0.15) is 9.40 Å². The van der Waals surface area contributed by atoms with Crippen LogP contribution in [0.3, 0.4) is 0 Å². The zero-order valence-electron chi connectivity index (χ0n) is 14.1. The van der Waals surface area contributed by atoms with E-state index in [1.807, 2.05) is 61.5 Å². The van der Waals surface area contributed by atoms with E-state index in [9.17, 15) is 8.42 Å². The number of rotatable bonds is 6. The molecule has 1 aromatic heterocycles. The molecule has 0 amide bonds. The molecule has 0 spiro atoms. The average molecular weight is 356 g/mol. The normalized spacial score (nSPS) is 13.1. The lowest BCUT2D eigenvalue weighted by Gasteiger charge is -2.25. The van der Waals surface area contributed by atoms with Crippen molar-refractivity contribution in [1.82, 2.24) is 19.1 Å². The predicted octanol–water partition coefficient (Wildman–Crippen LogP) is 2.79. The molecule has 130 valence electrons. The summed E-state index contributed by atoms with van der Waals surface area (Å²) in [5.41, 5.74) is 2.58. The van der Waals surface area contributed by atoms with Crippen molar-refractivity contribution in [3.05, 3.63) is 78.4 Å². The van der Waals surface area contributed by atoms with Crippen LogP contribution in [0.15, 0.2) is 67.3 Å². The molecule has 0 fully saturated rings. The van der Waals surface area contributed by atoms with Crippen LogP contribution in [0.25, 0.3) is 5.69 Å². The van der Waals surface area contributed by atoms with Gasteiger partial charge in [-0.25, -0.2) is 18.1 Å². The number of hydrogen-bond donors (Lipinski definition) is 0. The van der Waals surface area contributed by atoms with E-state index in [4.69, 9.17) is 0 Å². The second-order valence-corrected chi connectivity index (χ2v) is 7.89. The maximum atomic E-state index is 12.7. The molecule has 0 radical (unpaired) electrons. The Hall–Kier alpha value is -2.51. The third kappa shape index (κ3) is 3.94. The van der Waals surface area contributed by atoms with Crippen LogP contribution < -0.4 is 0 Å². The maximum Gasteiger partial charge on any atom is 0.218 e. The first kappa shape index (κ1) is 17.3. The molecule has 0 saturated carbocycles. The Kier molecular flexibility index (Phi) is 4.96. The van der Waals surface area contributed by atoms with Gasteiger partial charge in [0.2, 0.25) is 10.0 Å². The van der Waals surface area contributed by atoms with Crippen molar-refractivity contribution in [2.75, 3.05) is 7.05 Å². The molecule has 0 aliphatic rings. The van der Waals surface area contributed by atoms with E-state index in [2.05, 4.69) is 10.1 Å². The molecular formula is C18H20N4O2S. The minimum atomic E-state index is -3.41. The Bertz CT molecular complexity index is 907. The first-order valence-electron chi connectivity index (χ1n) is 7.92. The van der Waals surface area contributed by atoms with Crippen LogP contribution in [-0.4, -0.2) is 34.5 Å². The molecule has 1 heterocycles. The minimum absolute atomic E-state index is 0.00821. The summed E-state index contributed by atoms with van der Waals surface area (Å²) in [6.45, 7) is 1.88. The topological polar surface area (TPSA) is 68.1 Å². The van der Waals surface area contributed by atoms with Gasteiger partial charge in [0.1, 0.15) is 12.7 Å². The quantitative estimate of drug-likeness (QED) is 0.681. The van der Waals surface area contributed by atoms with Crippen molar-refractivity contribution >= 4 is 10.0 Å². The van der Waals surface area contributed by atoms with E-state index in [1.165, 1.54) is 10.6 Å². The van der Waals surface area contributed by atoms with Gasteiger partial charge >= 0.3 is 0 Å². The first-order valence-corrected chi connectivity index (χ1v) is 9.53. The van der Waals surface area contributed by atoms with Gasteiger partial charge in [0, 0.05) is 13.1 Å². The standard InChI is InChI=1S/C18H20N4O2S/c1-15(17-8-10-18(11-9-17)22-14-19-13-20-22)21(2)25(23,24)12-16-6-4-3-5-7-16/h3-11,13-15H,12H2,1-2H3/t15-/m0/s1. The fraction of sp³-hybridized carbons (Fsp3) is 0.222. The Morgan fingerprint density at radius 1 is 1.08 bits per heavy atom. The largest absolute Gasteiger partial charge is 0.223 e. The summed E-state index contributed by atoms with van der Waals surface area (Å²) >= 11 is 0. The molecule has 0 aliphatic carbocycles. The molecule has 3 rings (SSSR count). The van der Waals surface area contributed by atoms with Gasteiger partial charge in [-0.05, 0) is 30.2 Å². The number of sulfonamides is 1. The highest BCUT2D eigenvalue weighted by Crippen LogP contribution is 2.24. The van der Waals surface area contributed by atoms with E-state index in [-0.39, 0.29) is 11.8 Å². The summed E-state index contributed by atoms with van der Waals surface area (Å²) in [5, 5.41) is 4.08. The Labute approximate surface area is 147 Å². The molecule has 3 aromatic rings. The fourth-order valence-electron chi connectivity index (χ4n) is 2.58. The highest BCUT2D eigenvalue weighted by molar-refractivity contribution is 7.88. The molecule has 0 saturated heterocycles. The molecular weight excluding hydrogens is 336 g/mol. The number of benzene rings is 2. The molecule has 2 aromatic carbocycles. The molecule has 1 atom stereocenters. The van der Waals surface area contributed by atoms with Gasteiger partial charge in [0.05, 0.1) is 11.4 Å². The first-order chi connectivity index (χ1) is 12.0. The second kappa shape index (κ2) is 7.16. The van der Waals surface area contributed by atoms with Crippen LogP contribution in [-0.2, 0) is 15.8 Å². The van der Waals surface area contributed by atoms with Crippen molar-refractivity contribution in [2.24, 2.45) is 0 Å². The van der Waals surface area contributed by atoms with Gasteiger partial charge < -0.3 is 0 Å². The van der Waals surface area contributed by atoms with E-state index < -0.39 is 10.0 Å². The highest BCUT2D eigenvalue weighted by atomic mass is 32.2. The summed E-state index contributed by atoms with van der Waals surface area (Å²) in [6, 6.07) is 16.6. The monoisotopic (exact) mass is 356 g/mol. The van der Waals surface area contributed by atoms with Gasteiger partial charge in [-0.1, -0.05) is 42.5 Å². The van der Waals surface area contributed by atoms with Crippen LogP contribution in [0, 0.1) is 0 Å². The van der Waals surface area contributed by atoms with E-state index in [0.717, 1.165) is 16.8 Å². The second-order valence-electron chi connectivity index (χ2n) is 5.87. The lowest BCUT2D eigenvalue weighted by Crippen LogP contribution is -2.30. The average Bonchev–Trinajstić information content (AvgIpc) is 3.16. The van der Waals surface area contributed by atoms with E-state index in [1.54, 1.807) is 18.1 Å². The van der Waals surface area contributed by atoms with Crippen molar-refractivity contribution in [1.29, 1.82) is 0 Å². The molecule has 7 heteroatoms. The Balaban J connectivity index is 1.76. The van der Waals surface area contributed by atoms with Crippen molar-refractivity contribution < 1.29 is 8.42 Å². The molecule has 0 bridgehead atoms. The Morgan fingerprint density at radius 2 is 1.76 bits per heavy atom. The summed E-state index contributed by atoms with van der Waals surface area (Å²) in [7, 11) is -1.79. The minimum Gasteiger partial charge on any atom is -0.223 e.